The van der Waals surface area contributed by atoms with E-state index in [4.69, 9.17) is 10.4 Å². The standard InChI is InChI=1S/C9H11N3O/c1-11-9(6-13)8-3-2-7(4-10)5-12-8/h2-3,5,9,11,13H,6H2,1H3. The van der Waals surface area contributed by atoms with Gasteiger partial charge in [-0.15, -0.1) is 0 Å². The fourth-order valence-corrected chi connectivity index (χ4v) is 1.01. The second kappa shape index (κ2) is 4.55. The topological polar surface area (TPSA) is 68.9 Å². The Kier molecular flexibility index (Phi) is 3.38. The fourth-order valence-electron chi connectivity index (χ4n) is 1.01. The van der Waals surface area contributed by atoms with E-state index < -0.39 is 0 Å². The summed E-state index contributed by atoms with van der Waals surface area (Å²) in [5.41, 5.74) is 1.26. The maximum atomic E-state index is 8.94. The van der Waals surface area contributed by atoms with Gasteiger partial charge < -0.3 is 10.4 Å². The Balaban J connectivity index is 2.85. The lowest BCUT2D eigenvalue weighted by atomic mass is 10.2. The van der Waals surface area contributed by atoms with Crippen molar-refractivity contribution in [1.82, 2.24) is 10.3 Å². The lowest BCUT2D eigenvalue weighted by Gasteiger charge is -2.11. The molecule has 0 amide bonds. The van der Waals surface area contributed by atoms with Crippen molar-refractivity contribution in [3.63, 3.8) is 0 Å². The lowest BCUT2D eigenvalue weighted by molar-refractivity contribution is 0.248. The molecule has 0 aromatic carbocycles. The first kappa shape index (κ1) is 9.65. The van der Waals surface area contributed by atoms with Gasteiger partial charge in [-0.3, -0.25) is 4.98 Å². The molecule has 0 saturated carbocycles. The summed E-state index contributed by atoms with van der Waals surface area (Å²) < 4.78 is 0. The first-order valence-corrected chi connectivity index (χ1v) is 3.96. The highest BCUT2D eigenvalue weighted by Crippen LogP contribution is 2.08. The Labute approximate surface area is 76.8 Å². The molecule has 13 heavy (non-hydrogen) atoms. The molecule has 2 N–H and O–H groups in total. The maximum absolute atomic E-state index is 8.94. The van der Waals surface area contributed by atoms with Crippen molar-refractivity contribution in [2.24, 2.45) is 0 Å². The van der Waals surface area contributed by atoms with Crippen LogP contribution in [0.3, 0.4) is 0 Å². The van der Waals surface area contributed by atoms with Gasteiger partial charge in [0.05, 0.1) is 23.9 Å². The molecule has 0 fully saturated rings. The number of rotatable bonds is 3. The number of pyridine rings is 1. The zero-order valence-corrected chi connectivity index (χ0v) is 7.36. The molecule has 4 nitrogen and oxygen atoms in total. The van der Waals surface area contributed by atoms with Gasteiger partial charge in [0.2, 0.25) is 0 Å². The van der Waals surface area contributed by atoms with E-state index in [2.05, 4.69) is 10.3 Å². The van der Waals surface area contributed by atoms with Crippen molar-refractivity contribution in [2.75, 3.05) is 13.7 Å². The number of aliphatic hydroxyl groups excluding tert-OH is 1. The second-order valence-electron chi connectivity index (χ2n) is 2.61. The average Bonchev–Trinajstić information content (AvgIpc) is 2.21. The first-order chi connectivity index (χ1) is 6.31. The summed E-state index contributed by atoms with van der Waals surface area (Å²) in [6.07, 6.45) is 1.50. The molecule has 4 heteroatoms. The van der Waals surface area contributed by atoms with E-state index in [1.807, 2.05) is 6.07 Å². The summed E-state index contributed by atoms with van der Waals surface area (Å²) >= 11 is 0. The van der Waals surface area contributed by atoms with Crippen LogP contribution in [0.1, 0.15) is 17.3 Å². The van der Waals surface area contributed by atoms with Gasteiger partial charge in [0.15, 0.2) is 0 Å². The number of likely N-dealkylation sites (N-methyl/N-ethyl adjacent to an activating group) is 1. The van der Waals surface area contributed by atoms with E-state index in [9.17, 15) is 0 Å². The molecule has 0 radical (unpaired) electrons. The van der Waals surface area contributed by atoms with E-state index in [0.717, 1.165) is 5.69 Å². The largest absolute Gasteiger partial charge is 0.394 e. The van der Waals surface area contributed by atoms with Gasteiger partial charge in [-0.25, -0.2) is 0 Å². The molecule has 68 valence electrons. The molecular formula is C9H11N3O. The smallest absolute Gasteiger partial charge is 0.101 e. The normalized spacial score (nSPS) is 12.1. The number of aliphatic hydroxyl groups is 1. The number of aromatic nitrogens is 1. The Morgan fingerprint density at radius 1 is 1.69 bits per heavy atom. The van der Waals surface area contributed by atoms with Gasteiger partial charge in [0.25, 0.3) is 0 Å². The Morgan fingerprint density at radius 2 is 2.46 bits per heavy atom. The highest BCUT2D eigenvalue weighted by Gasteiger charge is 2.07. The quantitative estimate of drug-likeness (QED) is 0.692. The minimum absolute atomic E-state index is 0.00456. The molecular weight excluding hydrogens is 166 g/mol. The van der Waals surface area contributed by atoms with Crippen LogP contribution in [0.2, 0.25) is 0 Å². The Morgan fingerprint density at radius 3 is 2.85 bits per heavy atom. The molecule has 1 heterocycles. The Bertz CT molecular complexity index is 298. The summed E-state index contributed by atoms with van der Waals surface area (Å²) in [6, 6.07) is 5.24. The van der Waals surface area contributed by atoms with E-state index in [1.54, 1.807) is 19.2 Å². The third-order valence-corrected chi connectivity index (χ3v) is 1.80. The molecule has 1 aromatic heterocycles. The van der Waals surface area contributed by atoms with E-state index in [1.165, 1.54) is 6.20 Å². The third-order valence-electron chi connectivity index (χ3n) is 1.80. The van der Waals surface area contributed by atoms with Crippen molar-refractivity contribution in [3.05, 3.63) is 29.6 Å². The highest BCUT2D eigenvalue weighted by molar-refractivity contribution is 5.27. The Hall–Kier alpha value is -1.44. The van der Waals surface area contributed by atoms with E-state index in [0.29, 0.717) is 5.56 Å². The van der Waals surface area contributed by atoms with Gasteiger partial charge >= 0.3 is 0 Å². The predicted molar refractivity (Wildman–Crippen MR) is 47.8 cm³/mol. The SMILES string of the molecule is CNC(CO)c1ccc(C#N)cn1. The molecule has 0 saturated heterocycles. The van der Waals surface area contributed by atoms with Crippen molar-refractivity contribution in [1.29, 1.82) is 5.26 Å². The van der Waals surface area contributed by atoms with Crippen molar-refractivity contribution < 1.29 is 5.11 Å². The number of nitriles is 1. The van der Waals surface area contributed by atoms with Crippen LogP contribution in [0.5, 0.6) is 0 Å². The third kappa shape index (κ3) is 2.25. The van der Waals surface area contributed by atoms with Crippen molar-refractivity contribution >= 4 is 0 Å². The zero-order valence-electron chi connectivity index (χ0n) is 7.36. The van der Waals surface area contributed by atoms with Crippen LogP contribution in [-0.2, 0) is 0 Å². The van der Waals surface area contributed by atoms with Gasteiger partial charge in [-0.1, -0.05) is 0 Å². The minimum atomic E-state index is -0.159. The molecule has 0 aliphatic rings. The summed E-state index contributed by atoms with van der Waals surface area (Å²) in [5, 5.41) is 20.4. The molecule has 1 atom stereocenters. The van der Waals surface area contributed by atoms with Gasteiger partial charge in [0, 0.05) is 6.20 Å². The molecule has 0 spiro atoms. The lowest BCUT2D eigenvalue weighted by Crippen LogP contribution is -2.20. The van der Waals surface area contributed by atoms with E-state index >= 15 is 0 Å². The number of nitrogens with one attached hydrogen (secondary N) is 1. The predicted octanol–water partition coefficient (Wildman–Crippen LogP) is 0.206. The van der Waals surface area contributed by atoms with Crippen LogP contribution in [0.4, 0.5) is 0 Å². The van der Waals surface area contributed by atoms with Crippen LogP contribution in [0.15, 0.2) is 18.3 Å². The summed E-state index contributed by atoms with van der Waals surface area (Å²) in [4.78, 5) is 4.05. The summed E-state index contributed by atoms with van der Waals surface area (Å²) in [6.45, 7) is -0.00456. The summed E-state index contributed by atoms with van der Waals surface area (Å²) in [5.74, 6) is 0. The zero-order chi connectivity index (χ0) is 9.68. The van der Waals surface area contributed by atoms with Crippen molar-refractivity contribution in [2.45, 2.75) is 6.04 Å². The second-order valence-corrected chi connectivity index (χ2v) is 2.61. The maximum Gasteiger partial charge on any atom is 0.101 e. The minimum Gasteiger partial charge on any atom is -0.394 e. The van der Waals surface area contributed by atoms with Crippen LogP contribution in [-0.4, -0.2) is 23.7 Å². The van der Waals surface area contributed by atoms with E-state index in [-0.39, 0.29) is 12.6 Å². The average molecular weight is 177 g/mol. The molecule has 0 bridgehead atoms. The number of hydrogen-bond donors (Lipinski definition) is 2. The molecule has 0 aliphatic carbocycles. The van der Waals surface area contributed by atoms with Crippen LogP contribution >= 0.6 is 0 Å². The highest BCUT2D eigenvalue weighted by atomic mass is 16.3. The molecule has 1 rings (SSSR count). The van der Waals surface area contributed by atoms with Crippen LogP contribution in [0, 0.1) is 11.3 Å². The molecule has 0 aliphatic heterocycles. The van der Waals surface area contributed by atoms with Gasteiger partial charge in [0.1, 0.15) is 6.07 Å². The van der Waals surface area contributed by atoms with Crippen molar-refractivity contribution in [3.8, 4) is 6.07 Å². The monoisotopic (exact) mass is 177 g/mol. The fraction of sp³-hybridized carbons (Fsp3) is 0.333. The first-order valence-electron chi connectivity index (χ1n) is 3.96. The van der Waals surface area contributed by atoms with Crippen LogP contribution < -0.4 is 5.32 Å². The molecule has 1 unspecified atom stereocenters. The van der Waals surface area contributed by atoms with Crippen LogP contribution in [0.25, 0.3) is 0 Å². The molecule has 1 aromatic rings. The van der Waals surface area contributed by atoms with Gasteiger partial charge in [-0.05, 0) is 19.2 Å². The van der Waals surface area contributed by atoms with Gasteiger partial charge in [-0.2, -0.15) is 5.26 Å². The number of hydrogen-bond acceptors (Lipinski definition) is 4. The summed E-state index contributed by atoms with van der Waals surface area (Å²) in [7, 11) is 1.75. The number of nitrogens with zero attached hydrogens (tertiary/aromatic N) is 2.